The summed E-state index contributed by atoms with van der Waals surface area (Å²) in [6.45, 7) is 0. The highest BCUT2D eigenvalue weighted by atomic mass is 16.3. The first-order valence-corrected chi connectivity index (χ1v) is 19.2. The second kappa shape index (κ2) is 12.4. The van der Waals surface area contributed by atoms with E-state index in [0.717, 1.165) is 83.5 Å². The lowest BCUT2D eigenvalue weighted by atomic mass is 10.1. The molecule has 0 fully saturated rings. The van der Waals surface area contributed by atoms with Crippen LogP contribution >= 0.6 is 0 Å². The third kappa shape index (κ3) is 4.89. The molecule has 0 bridgehead atoms. The number of nitrogens with zero attached hydrogens (tertiary/aromatic N) is 4. The van der Waals surface area contributed by atoms with E-state index in [-0.39, 0.29) is 0 Å². The Labute approximate surface area is 327 Å². The predicted octanol–water partition coefficient (Wildman–Crippen LogP) is 13.6. The number of hydrogen-bond donors (Lipinski definition) is 0. The van der Waals surface area contributed by atoms with E-state index in [2.05, 4.69) is 185 Å². The fraction of sp³-hybridized carbons (Fsp3) is 0. The van der Waals surface area contributed by atoms with Crippen molar-refractivity contribution in [3.63, 3.8) is 0 Å². The molecule has 0 aliphatic rings. The van der Waals surface area contributed by atoms with Gasteiger partial charge in [-0.2, -0.15) is 0 Å². The van der Waals surface area contributed by atoms with Gasteiger partial charge >= 0.3 is 0 Å². The van der Waals surface area contributed by atoms with Crippen LogP contribution in [0.4, 0.5) is 0 Å². The van der Waals surface area contributed by atoms with Crippen molar-refractivity contribution >= 4 is 65.6 Å². The zero-order chi connectivity index (χ0) is 37.5. The van der Waals surface area contributed by atoms with E-state index in [1.165, 1.54) is 21.5 Å². The van der Waals surface area contributed by atoms with Crippen LogP contribution in [0.25, 0.3) is 111 Å². The second-order valence-corrected chi connectivity index (χ2v) is 14.6. The Bertz CT molecular complexity index is 3450. The van der Waals surface area contributed by atoms with Gasteiger partial charge in [0, 0.05) is 55.0 Å². The van der Waals surface area contributed by atoms with E-state index in [0.29, 0.717) is 5.82 Å². The Kier molecular flexibility index (Phi) is 6.86. The molecule has 0 saturated heterocycles. The van der Waals surface area contributed by atoms with E-state index >= 15 is 0 Å². The molecule has 0 unspecified atom stereocenters. The highest BCUT2D eigenvalue weighted by molar-refractivity contribution is 6.26. The average Bonchev–Trinajstić information content (AvgIpc) is 3.93. The van der Waals surface area contributed by atoms with Gasteiger partial charge in [0.2, 0.25) is 0 Å². The summed E-state index contributed by atoms with van der Waals surface area (Å²) in [5.41, 5.74) is 13.3. The number of rotatable bonds is 5. The Morgan fingerprint density at radius 1 is 0.351 bits per heavy atom. The summed E-state index contributed by atoms with van der Waals surface area (Å²) in [4.78, 5) is 10.3. The van der Waals surface area contributed by atoms with Gasteiger partial charge in [0.05, 0.1) is 38.8 Å². The normalized spacial score (nSPS) is 11.9. The van der Waals surface area contributed by atoms with E-state index < -0.39 is 0 Å². The molecule has 8 aromatic carbocycles. The van der Waals surface area contributed by atoms with Gasteiger partial charge in [-0.15, -0.1) is 0 Å². The number of aromatic nitrogens is 4. The number of para-hydroxylation sites is 3. The molecule has 5 nitrogen and oxygen atoms in total. The molecule has 12 aromatic rings. The molecule has 57 heavy (non-hydrogen) atoms. The molecule has 4 heterocycles. The highest BCUT2D eigenvalue weighted by Crippen LogP contribution is 2.44. The van der Waals surface area contributed by atoms with Gasteiger partial charge in [-0.25, -0.2) is 9.97 Å². The molecular formula is C52H32N4O. The lowest BCUT2D eigenvalue weighted by Crippen LogP contribution is -1.98. The molecule has 12 rings (SSSR count). The number of benzene rings is 8. The first kappa shape index (κ1) is 31.6. The van der Waals surface area contributed by atoms with Crippen molar-refractivity contribution < 1.29 is 4.42 Å². The Morgan fingerprint density at radius 3 is 1.67 bits per heavy atom. The van der Waals surface area contributed by atoms with Crippen molar-refractivity contribution in [3.05, 3.63) is 194 Å². The van der Waals surface area contributed by atoms with Gasteiger partial charge < -0.3 is 13.6 Å². The van der Waals surface area contributed by atoms with E-state index in [1.807, 2.05) is 18.2 Å². The summed E-state index contributed by atoms with van der Waals surface area (Å²) in [5.74, 6) is 0.683. The largest absolute Gasteiger partial charge is 0.456 e. The smallest absolute Gasteiger partial charge is 0.160 e. The van der Waals surface area contributed by atoms with Gasteiger partial charge in [-0.1, -0.05) is 127 Å². The van der Waals surface area contributed by atoms with Crippen molar-refractivity contribution in [1.29, 1.82) is 0 Å². The molecule has 0 atom stereocenters. The maximum absolute atomic E-state index is 6.43. The van der Waals surface area contributed by atoms with Crippen molar-refractivity contribution in [2.45, 2.75) is 0 Å². The summed E-state index contributed by atoms with van der Waals surface area (Å²) in [7, 11) is 0. The molecule has 0 spiro atoms. The zero-order valence-corrected chi connectivity index (χ0v) is 30.7. The van der Waals surface area contributed by atoms with Crippen LogP contribution in [-0.2, 0) is 0 Å². The van der Waals surface area contributed by atoms with Crippen LogP contribution in [0, 0.1) is 0 Å². The van der Waals surface area contributed by atoms with E-state index in [1.54, 1.807) is 0 Å². The Balaban J connectivity index is 1.13. The maximum Gasteiger partial charge on any atom is 0.160 e. The summed E-state index contributed by atoms with van der Waals surface area (Å²) in [6, 6.07) is 68.3. The lowest BCUT2D eigenvalue weighted by Gasteiger charge is -2.12. The van der Waals surface area contributed by atoms with Crippen LogP contribution in [-0.4, -0.2) is 19.1 Å². The first-order valence-electron chi connectivity index (χ1n) is 19.2. The molecule has 0 radical (unpaired) electrons. The molecule has 266 valence electrons. The van der Waals surface area contributed by atoms with Crippen LogP contribution in [0.2, 0.25) is 0 Å². The van der Waals surface area contributed by atoms with Crippen LogP contribution < -0.4 is 0 Å². The van der Waals surface area contributed by atoms with Crippen LogP contribution in [0.5, 0.6) is 0 Å². The zero-order valence-electron chi connectivity index (χ0n) is 30.7. The van der Waals surface area contributed by atoms with Crippen molar-refractivity contribution in [2.75, 3.05) is 0 Å². The number of hydrogen-bond acceptors (Lipinski definition) is 3. The van der Waals surface area contributed by atoms with Crippen LogP contribution in [0.1, 0.15) is 0 Å². The van der Waals surface area contributed by atoms with Gasteiger partial charge in [-0.05, 0) is 66.7 Å². The van der Waals surface area contributed by atoms with E-state index in [4.69, 9.17) is 14.4 Å². The minimum absolute atomic E-state index is 0.683. The topological polar surface area (TPSA) is 48.8 Å². The summed E-state index contributed by atoms with van der Waals surface area (Å²) in [5, 5.41) is 6.98. The molecule has 0 saturated carbocycles. The standard InChI is InChI=1S/C52H32N4O/c1-4-15-33(16-5-1)43-32-44(34-17-6-2-7-18-34)54-52(53-43)35-19-14-22-37(29-35)55-45-25-12-10-23-38(45)41-30-47-42(31-46(41)55)39-27-28-49-50(40-24-11-13-26-48(40)57-49)51(39)56(47)36-20-8-3-9-21-36/h1-32H. The number of furan rings is 1. The molecule has 0 N–H and O–H groups in total. The molecule has 5 heteroatoms. The van der Waals surface area contributed by atoms with E-state index in [9.17, 15) is 0 Å². The summed E-state index contributed by atoms with van der Waals surface area (Å²) < 4.78 is 11.2. The SMILES string of the molecule is c1ccc(-c2cc(-c3ccccc3)nc(-c3cccc(-n4c5ccccc5c5cc6c(cc54)c4ccc5oc7ccccc7c5c4n6-c4ccccc4)c3)n2)cc1. The highest BCUT2D eigenvalue weighted by Gasteiger charge is 2.22. The fourth-order valence-electron chi connectivity index (χ4n) is 8.77. The monoisotopic (exact) mass is 728 g/mol. The molecule has 4 aromatic heterocycles. The van der Waals surface area contributed by atoms with Crippen molar-refractivity contribution in [2.24, 2.45) is 0 Å². The molecule has 0 aliphatic carbocycles. The Hall–Kier alpha value is -7.76. The fourth-order valence-corrected chi connectivity index (χ4v) is 8.77. The third-order valence-electron chi connectivity index (χ3n) is 11.3. The molecular weight excluding hydrogens is 697 g/mol. The van der Waals surface area contributed by atoms with Crippen molar-refractivity contribution in [1.82, 2.24) is 19.1 Å². The van der Waals surface area contributed by atoms with Gasteiger partial charge in [0.15, 0.2) is 5.82 Å². The summed E-state index contributed by atoms with van der Waals surface area (Å²) in [6.07, 6.45) is 0. The van der Waals surface area contributed by atoms with Crippen molar-refractivity contribution in [3.8, 4) is 45.3 Å². The Morgan fingerprint density at radius 2 is 0.930 bits per heavy atom. The third-order valence-corrected chi connectivity index (χ3v) is 11.3. The molecule has 0 amide bonds. The minimum atomic E-state index is 0.683. The average molecular weight is 729 g/mol. The second-order valence-electron chi connectivity index (χ2n) is 14.6. The first-order chi connectivity index (χ1) is 28.3. The minimum Gasteiger partial charge on any atom is -0.456 e. The maximum atomic E-state index is 6.43. The van der Waals surface area contributed by atoms with Gasteiger partial charge in [0.1, 0.15) is 11.2 Å². The summed E-state index contributed by atoms with van der Waals surface area (Å²) >= 11 is 0. The number of fused-ring (bicyclic) bond motifs is 10. The van der Waals surface area contributed by atoms with Crippen LogP contribution in [0.15, 0.2) is 199 Å². The van der Waals surface area contributed by atoms with Crippen LogP contribution in [0.3, 0.4) is 0 Å². The molecule has 0 aliphatic heterocycles. The lowest BCUT2D eigenvalue weighted by molar-refractivity contribution is 0.669. The predicted molar refractivity (Wildman–Crippen MR) is 234 cm³/mol. The van der Waals surface area contributed by atoms with Gasteiger partial charge in [-0.3, -0.25) is 0 Å². The quantitative estimate of drug-likeness (QED) is 0.177. The van der Waals surface area contributed by atoms with Gasteiger partial charge in [0.25, 0.3) is 0 Å².